The van der Waals surface area contributed by atoms with Crippen LogP contribution in [0.2, 0.25) is 0 Å². The van der Waals surface area contributed by atoms with Crippen LogP contribution in [0.5, 0.6) is 0 Å². The molecule has 4 heteroatoms. The third kappa shape index (κ3) is 5.69. The number of nitrogens with zero attached hydrogens (tertiary/aromatic N) is 2. The van der Waals surface area contributed by atoms with Gasteiger partial charge in [0.05, 0.1) is 5.56 Å². The third-order valence-corrected chi connectivity index (χ3v) is 4.38. The number of rotatable bonds is 4. The fourth-order valence-electron chi connectivity index (χ4n) is 2.23. The smallest absolute Gasteiger partial charge is 0.101 e. The van der Waals surface area contributed by atoms with Crippen molar-refractivity contribution in [2.75, 3.05) is 13.6 Å². The Balaban J connectivity index is 0.00000288. The highest BCUT2D eigenvalue weighted by molar-refractivity contribution is 7.17. The molecule has 126 valence electrons. The Bertz CT molecular complexity index is 810. The van der Waals surface area contributed by atoms with Gasteiger partial charge in [0.1, 0.15) is 6.07 Å². The summed E-state index contributed by atoms with van der Waals surface area (Å²) < 4.78 is 1.22. The Morgan fingerprint density at radius 2 is 2.04 bits per heavy atom. The van der Waals surface area contributed by atoms with Crippen LogP contribution in [0.1, 0.15) is 31.9 Å². The van der Waals surface area contributed by atoms with Crippen molar-refractivity contribution in [1.29, 1.82) is 5.26 Å². The SMILES string of the molecule is CN(C/C=C/C#CC(C)(C)C)Cc1cccc2c(C#N)csc12.Cl. The maximum Gasteiger partial charge on any atom is 0.101 e. The third-order valence-electron chi connectivity index (χ3n) is 3.31. The van der Waals surface area contributed by atoms with E-state index in [1.807, 2.05) is 23.6 Å². The lowest BCUT2D eigenvalue weighted by atomic mass is 9.98. The molecule has 1 aromatic carbocycles. The monoisotopic (exact) mass is 358 g/mol. The van der Waals surface area contributed by atoms with Gasteiger partial charge in [0, 0.05) is 34.0 Å². The molecule has 0 fully saturated rings. The standard InChI is InChI=1S/C20H22N2S.ClH/c1-20(2,3)11-6-5-7-12-22(4)14-16-9-8-10-18-17(13-21)15-23-19(16)18;/h5,7-10,15H,12,14H2,1-4H3;1H/b7-5+;. The number of fused-ring (bicyclic) bond motifs is 1. The average Bonchev–Trinajstić information content (AvgIpc) is 2.90. The largest absolute Gasteiger partial charge is 0.298 e. The molecule has 2 rings (SSSR count). The fraction of sp³-hybridized carbons (Fsp3) is 0.350. The molecule has 0 aliphatic heterocycles. The minimum absolute atomic E-state index is 0. The molecule has 24 heavy (non-hydrogen) atoms. The van der Waals surface area contributed by atoms with Crippen LogP contribution >= 0.6 is 23.7 Å². The predicted molar refractivity (Wildman–Crippen MR) is 106 cm³/mol. The van der Waals surface area contributed by atoms with E-state index < -0.39 is 0 Å². The summed E-state index contributed by atoms with van der Waals surface area (Å²) in [6.07, 6.45) is 4.02. The normalized spacial score (nSPS) is 11.2. The van der Waals surface area contributed by atoms with E-state index in [1.54, 1.807) is 11.3 Å². The zero-order valence-corrected chi connectivity index (χ0v) is 16.2. The highest BCUT2D eigenvalue weighted by Crippen LogP contribution is 2.29. The van der Waals surface area contributed by atoms with Crippen LogP contribution < -0.4 is 0 Å². The van der Waals surface area contributed by atoms with Crippen LogP contribution in [0.25, 0.3) is 10.1 Å². The Kier molecular flexibility index (Phi) is 7.52. The van der Waals surface area contributed by atoms with Gasteiger partial charge in [0.15, 0.2) is 0 Å². The van der Waals surface area contributed by atoms with E-state index in [4.69, 9.17) is 5.26 Å². The summed E-state index contributed by atoms with van der Waals surface area (Å²) in [5, 5.41) is 12.2. The van der Waals surface area contributed by atoms with Crippen molar-refractivity contribution in [3.8, 4) is 17.9 Å². The lowest BCUT2D eigenvalue weighted by Gasteiger charge is -2.14. The van der Waals surface area contributed by atoms with E-state index in [9.17, 15) is 0 Å². The lowest BCUT2D eigenvalue weighted by molar-refractivity contribution is 0.365. The van der Waals surface area contributed by atoms with Gasteiger partial charge in [-0.3, -0.25) is 4.90 Å². The van der Waals surface area contributed by atoms with E-state index >= 15 is 0 Å². The van der Waals surface area contributed by atoms with Crippen LogP contribution in [0.15, 0.2) is 35.7 Å². The molecular weight excluding hydrogens is 336 g/mol. The zero-order chi connectivity index (χ0) is 16.9. The van der Waals surface area contributed by atoms with Gasteiger partial charge < -0.3 is 0 Å². The van der Waals surface area contributed by atoms with Gasteiger partial charge >= 0.3 is 0 Å². The van der Waals surface area contributed by atoms with Gasteiger partial charge in [-0.15, -0.1) is 23.7 Å². The molecule has 0 saturated heterocycles. The van der Waals surface area contributed by atoms with Crippen molar-refractivity contribution in [3.63, 3.8) is 0 Å². The van der Waals surface area contributed by atoms with Crippen LogP contribution in [0, 0.1) is 28.6 Å². The molecule has 0 aliphatic rings. The lowest BCUT2D eigenvalue weighted by Crippen LogP contribution is -2.17. The first-order chi connectivity index (χ1) is 10.9. The number of halogens is 1. The van der Waals surface area contributed by atoms with Gasteiger partial charge in [-0.25, -0.2) is 0 Å². The van der Waals surface area contributed by atoms with Crippen LogP contribution in [-0.4, -0.2) is 18.5 Å². The number of benzene rings is 1. The molecule has 0 spiro atoms. The number of hydrogen-bond acceptors (Lipinski definition) is 3. The van der Waals surface area contributed by atoms with Gasteiger partial charge in [-0.2, -0.15) is 5.26 Å². The molecule has 2 aromatic rings. The Labute approximate surface area is 155 Å². The first-order valence-electron chi connectivity index (χ1n) is 7.66. The van der Waals surface area contributed by atoms with E-state index in [0.717, 1.165) is 24.0 Å². The molecule has 0 aliphatic carbocycles. The maximum absolute atomic E-state index is 9.15. The van der Waals surface area contributed by atoms with Crippen molar-refractivity contribution < 1.29 is 0 Å². The molecule has 0 bridgehead atoms. The molecule has 0 amide bonds. The van der Waals surface area contributed by atoms with E-state index in [-0.39, 0.29) is 17.8 Å². The highest BCUT2D eigenvalue weighted by Gasteiger charge is 2.08. The number of likely N-dealkylation sites (N-methyl/N-ethyl adjacent to an activating group) is 1. The molecule has 0 N–H and O–H groups in total. The first-order valence-corrected chi connectivity index (χ1v) is 8.54. The zero-order valence-electron chi connectivity index (χ0n) is 14.6. The summed E-state index contributed by atoms with van der Waals surface area (Å²) in [6, 6.07) is 8.45. The number of nitriles is 1. The fourth-order valence-corrected chi connectivity index (χ4v) is 3.24. The second-order valence-electron chi connectivity index (χ2n) is 6.67. The Hall–Kier alpha value is -1.78. The summed E-state index contributed by atoms with van der Waals surface area (Å²) in [6.45, 7) is 8.04. The van der Waals surface area contributed by atoms with Crippen molar-refractivity contribution in [1.82, 2.24) is 4.90 Å². The molecular formula is C20H23ClN2S. The van der Waals surface area contributed by atoms with Crippen molar-refractivity contribution >= 4 is 33.8 Å². The van der Waals surface area contributed by atoms with Crippen LogP contribution in [-0.2, 0) is 6.54 Å². The molecule has 0 saturated carbocycles. The highest BCUT2D eigenvalue weighted by atomic mass is 35.5. The minimum Gasteiger partial charge on any atom is -0.298 e. The summed E-state index contributed by atoms with van der Waals surface area (Å²) in [4.78, 5) is 2.25. The van der Waals surface area contributed by atoms with Crippen molar-refractivity contribution in [2.45, 2.75) is 27.3 Å². The predicted octanol–water partition coefficient (Wildman–Crippen LogP) is 5.23. The van der Waals surface area contributed by atoms with Crippen molar-refractivity contribution in [2.24, 2.45) is 5.41 Å². The molecule has 0 radical (unpaired) electrons. The van der Waals surface area contributed by atoms with E-state index in [2.05, 4.69) is 62.8 Å². The molecule has 0 unspecified atom stereocenters. The minimum atomic E-state index is 0. The van der Waals surface area contributed by atoms with E-state index in [0.29, 0.717) is 0 Å². The van der Waals surface area contributed by atoms with Gasteiger partial charge in [0.25, 0.3) is 0 Å². The Morgan fingerprint density at radius 1 is 1.29 bits per heavy atom. The van der Waals surface area contributed by atoms with Gasteiger partial charge in [-0.1, -0.05) is 36.1 Å². The Morgan fingerprint density at radius 3 is 2.71 bits per heavy atom. The van der Waals surface area contributed by atoms with Gasteiger partial charge in [0.2, 0.25) is 0 Å². The molecule has 2 nitrogen and oxygen atoms in total. The summed E-state index contributed by atoms with van der Waals surface area (Å²) in [7, 11) is 2.10. The van der Waals surface area contributed by atoms with Gasteiger partial charge in [-0.05, 0) is 39.5 Å². The summed E-state index contributed by atoms with van der Waals surface area (Å²) >= 11 is 1.65. The summed E-state index contributed by atoms with van der Waals surface area (Å²) in [5.41, 5.74) is 2.08. The number of allylic oxidation sites excluding steroid dienone is 1. The second kappa shape index (κ2) is 8.90. The first kappa shape index (κ1) is 20.3. The number of thiophene rings is 1. The molecule has 0 atom stereocenters. The van der Waals surface area contributed by atoms with Crippen LogP contribution in [0.3, 0.4) is 0 Å². The van der Waals surface area contributed by atoms with Crippen molar-refractivity contribution in [3.05, 3.63) is 46.9 Å². The molecule has 1 heterocycles. The maximum atomic E-state index is 9.15. The summed E-state index contributed by atoms with van der Waals surface area (Å²) in [5.74, 6) is 6.29. The average molecular weight is 359 g/mol. The molecule has 1 aromatic heterocycles. The quantitative estimate of drug-likeness (QED) is 0.699. The van der Waals surface area contributed by atoms with Crippen LogP contribution in [0.4, 0.5) is 0 Å². The number of hydrogen-bond donors (Lipinski definition) is 0. The topological polar surface area (TPSA) is 27.0 Å². The second-order valence-corrected chi connectivity index (χ2v) is 7.55. The van der Waals surface area contributed by atoms with E-state index in [1.165, 1.54) is 10.3 Å².